The van der Waals surface area contributed by atoms with Gasteiger partial charge in [-0.2, -0.15) is 5.10 Å². The molecular weight excluding hydrogens is 214 g/mol. The number of hydrogen-bond donors (Lipinski definition) is 1. The number of nitrogens with two attached hydrogens (primary N) is 1. The molecule has 0 aromatic carbocycles. The molecule has 1 saturated heterocycles. The molecule has 2 N–H and O–H groups in total. The van der Waals surface area contributed by atoms with Crippen molar-refractivity contribution in [1.29, 1.82) is 0 Å². The zero-order chi connectivity index (χ0) is 12.5. The van der Waals surface area contributed by atoms with Crippen molar-refractivity contribution in [2.75, 3.05) is 6.61 Å². The van der Waals surface area contributed by atoms with Crippen LogP contribution >= 0.6 is 0 Å². The van der Waals surface area contributed by atoms with Gasteiger partial charge in [-0.3, -0.25) is 4.68 Å². The van der Waals surface area contributed by atoms with E-state index in [2.05, 4.69) is 31.9 Å². The van der Waals surface area contributed by atoms with Gasteiger partial charge in [0.05, 0.1) is 11.8 Å². The summed E-state index contributed by atoms with van der Waals surface area (Å²) in [5, 5.41) is 4.61. The number of rotatable bonds is 4. The molecule has 3 atom stereocenters. The maximum atomic E-state index is 6.38. The summed E-state index contributed by atoms with van der Waals surface area (Å²) < 4.78 is 7.58. The number of aromatic nitrogens is 2. The Morgan fingerprint density at radius 1 is 1.71 bits per heavy atom. The van der Waals surface area contributed by atoms with Gasteiger partial charge in [-0.1, -0.05) is 6.92 Å². The zero-order valence-corrected chi connectivity index (χ0v) is 11.0. The number of hydrogen-bond acceptors (Lipinski definition) is 3. The van der Waals surface area contributed by atoms with Gasteiger partial charge in [-0.25, -0.2) is 0 Å². The molecule has 17 heavy (non-hydrogen) atoms. The zero-order valence-electron chi connectivity index (χ0n) is 11.0. The Morgan fingerprint density at radius 2 is 2.47 bits per heavy atom. The van der Waals surface area contributed by atoms with Crippen LogP contribution in [0, 0.1) is 0 Å². The predicted molar refractivity (Wildman–Crippen MR) is 67.9 cm³/mol. The highest BCUT2D eigenvalue weighted by molar-refractivity contribution is 5.09. The molecule has 0 bridgehead atoms. The van der Waals surface area contributed by atoms with Crippen LogP contribution in [0.5, 0.6) is 0 Å². The van der Waals surface area contributed by atoms with Crippen molar-refractivity contribution in [2.24, 2.45) is 5.73 Å². The van der Waals surface area contributed by atoms with E-state index in [0.717, 1.165) is 31.6 Å². The van der Waals surface area contributed by atoms with Crippen molar-refractivity contribution < 1.29 is 4.74 Å². The summed E-state index contributed by atoms with van der Waals surface area (Å²) in [6.45, 7) is 7.17. The topological polar surface area (TPSA) is 53.1 Å². The normalized spacial score (nSPS) is 30.7. The Labute approximate surface area is 103 Å². The van der Waals surface area contributed by atoms with Crippen LogP contribution in [0.2, 0.25) is 0 Å². The van der Waals surface area contributed by atoms with Gasteiger partial charge in [-0.05, 0) is 32.8 Å². The fraction of sp³-hybridized carbons (Fsp3) is 0.769. The predicted octanol–water partition coefficient (Wildman–Crippen LogP) is 1.90. The molecule has 1 aliphatic heterocycles. The van der Waals surface area contributed by atoms with E-state index in [1.54, 1.807) is 0 Å². The third-order valence-electron chi connectivity index (χ3n) is 3.96. The molecule has 1 aromatic rings. The summed E-state index contributed by atoms with van der Waals surface area (Å²) in [5.41, 5.74) is 7.21. The molecule has 4 heteroatoms. The molecule has 1 fully saturated rings. The summed E-state index contributed by atoms with van der Waals surface area (Å²) in [5.74, 6) is 0. The van der Waals surface area contributed by atoms with E-state index < -0.39 is 0 Å². The summed E-state index contributed by atoms with van der Waals surface area (Å²) in [6.07, 6.45) is 4.99. The summed E-state index contributed by atoms with van der Waals surface area (Å²) >= 11 is 0. The second kappa shape index (κ2) is 4.78. The van der Waals surface area contributed by atoms with Gasteiger partial charge >= 0.3 is 0 Å². The number of ether oxygens (including phenoxy) is 1. The quantitative estimate of drug-likeness (QED) is 0.870. The van der Waals surface area contributed by atoms with Crippen molar-refractivity contribution in [1.82, 2.24) is 9.78 Å². The average molecular weight is 237 g/mol. The smallest absolute Gasteiger partial charge is 0.0731 e. The third kappa shape index (κ3) is 2.53. The molecule has 4 nitrogen and oxygen atoms in total. The fourth-order valence-corrected chi connectivity index (χ4v) is 2.27. The van der Waals surface area contributed by atoms with Gasteiger partial charge in [0, 0.05) is 30.8 Å². The highest BCUT2D eigenvalue weighted by atomic mass is 16.5. The molecule has 0 aliphatic carbocycles. The van der Waals surface area contributed by atoms with Gasteiger partial charge < -0.3 is 10.5 Å². The Morgan fingerprint density at radius 3 is 3.06 bits per heavy atom. The maximum absolute atomic E-state index is 6.38. The van der Waals surface area contributed by atoms with Crippen LogP contribution in [0.1, 0.15) is 45.3 Å². The summed E-state index contributed by atoms with van der Waals surface area (Å²) in [6, 6.07) is 2.53. The monoisotopic (exact) mass is 237 g/mol. The van der Waals surface area contributed by atoms with E-state index in [-0.39, 0.29) is 11.6 Å². The minimum atomic E-state index is -0.241. The minimum Gasteiger partial charge on any atom is -0.377 e. The van der Waals surface area contributed by atoms with Crippen molar-refractivity contribution in [2.45, 2.75) is 57.7 Å². The molecule has 0 amide bonds. The molecule has 3 unspecified atom stereocenters. The Balaban J connectivity index is 2.06. The highest BCUT2D eigenvalue weighted by Crippen LogP contribution is 2.26. The highest BCUT2D eigenvalue weighted by Gasteiger charge is 2.38. The van der Waals surface area contributed by atoms with Gasteiger partial charge in [-0.15, -0.1) is 0 Å². The van der Waals surface area contributed by atoms with E-state index >= 15 is 0 Å². The lowest BCUT2D eigenvalue weighted by Crippen LogP contribution is -2.48. The van der Waals surface area contributed by atoms with Crippen LogP contribution in [0.3, 0.4) is 0 Å². The van der Waals surface area contributed by atoms with E-state index in [4.69, 9.17) is 10.5 Å². The molecule has 1 aliphatic rings. The first-order chi connectivity index (χ1) is 8.05. The average Bonchev–Trinajstić information content (AvgIpc) is 2.87. The largest absolute Gasteiger partial charge is 0.377 e. The molecule has 0 saturated carbocycles. The summed E-state index contributed by atoms with van der Waals surface area (Å²) in [7, 11) is 0. The Bertz CT molecular complexity index is 376. The van der Waals surface area contributed by atoms with Crippen LogP contribution in [0.25, 0.3) is 0 Å². The molecule has 96 valence electrons. The Hall–Kier alpha value is -0.870. The second-order valence-corrected chi connectivity index (χ2v) is 5.22. The van der Waals surface area contributed by atoms with Crippen molar-refractivity contribution in [3.05, 3.63) is 18.0 Å². The molecule has 1 aromatic heterocycles. The van der Waals surface area contributed by atoms with Crippen molar-refractivity contribution >= 4 is 0 Å². The lowest BCUT2D eigenvalue weighted by atomic mass is 9.88. The lowest BCUT2D eigenvalue weighted by Gasteiger charge is -2.26. The van der Waals surface area contributed by atoms with E-state index in [1.165, 1.54) is 0 Å². The molecule has 2 heterocycles. The Kier molecular flexibility index (Phi) is 3.54. The van der Waals surface area contributed by atoms with Crippen LogP contribution in [-0.4, -0.2) is 28.0 Å². The van der Waals surface area contributed by atoms with Crippen LogP contribution in [0.15, 0.2) is 12.3 Å². The summed E-state index contributed by atoms with van der Waals surface area (Å²) in [4.78, 5) is 0. The maximum Gasteiger partial charge on any atom is 0.0731 e. The van der Waals surface area contributed by atoms with E-state index in [0.29, 0.717) is 6.04 Å². The molecule has 0 spiro atoms. The van der Waals surface area contributed by atoms with Crippen molar-refractivity contribution in [3.63, 3.8) is 0 Å². The lowest BCUT2D eigenvalue weighted by molar-refractivity contribution is 0.0952. The van der Waals surface area contributed by atoms with Crippen LogP contribution in [-0.2, 0) is 11.2 Å². The third-order valence-corrected chi connectivity index (χ3v) is 3.96. The second-order valence-electron chi connectivity index (χ2n) is 5.22. The first-order valence-electron chi connectivity index (χ1n) is 6.49. The van der Waals surface area contributed by atoms with E-state index in [1.807, 2.05) is 10.9 Å². The first kappa shape index (κ1) is 12.6. The van der Waals surface area contributed by atoms with E-state index in [9.17, 15) is 0 Å². The van der Waals surface area contributed by atoms with Gasteiger partial charge in [0.25, 0.3) is 0 Å². The van der Waals surface area contributed by atoms with Gasteiger partial charge in [0.1, 0.15) is 0 Å². The molecule has 2 rings (SSSR count). The van der Waals surface area contributed by atoms with Gasteiger partial charge in [0.15, 0.2) is 0 Å². The minimum absolute atomic E-state index is 0.122. The standard InChI is InChI=1S/C13H23N3O/c1-4-10(2)16-7-5-12(15-16)9-13(14)6-8-17-11(13)3/h5,7,10-11H,4,6,8-9,14H2,1-3H3. The van der Waals surface area contributed by atoms with Gasteiger partial charge in [0.2, 0.25) is 0 Å². The number of nitrogens with zero attached hydrogens (tertiary/aromatic N) is 2. The van der Waals surface area contributed by atoms with Crippen LogP contribution < -0.4 is 5.73 Å². The fourth-order valence-electron chi connectivity index (χ4n) is 2.27. The SMILES string of the molecule is CCC(C)n1ccc(CC2(N)CCOC2C)n1. The van der Waals surface area contributed by atoms with Crippen molar-refractivity contribution in [3.8, 4) is 0 Å². The molecule has 0 radical (unpaired) electrons. The molecular formula is C13H23N3O. The first-order valence-corrected chi connectivity index (χ1v) is 6.49. The van der Waals surface area contributed by atoms with Crippen LogP contribution in [0.4, 0.5) is 0 Å².